The van der Waals surface area contributed by atoms with Crippen LogP contribution in [0.15, 0.2) is 82.5 Å². The molecule has 1 aromatic heterocycles. The van der Waals surface area contributed by atoms with Gasteiger partial charge in [-0.1, -0.05) is 48.5 Å². The van der Waals surface area contributed by atoms with E-state index < -0.39 is 35.7 Å². The van der Waals surface area contributed by atoms with Crippen molar-refractivity contribution in [2.45, 2.75) is 38.2 Å². The number of ether oxygens (including phenoxy) is 3. The number of nitrogens with zero attached hydrogens (tertiary/aromatic N) is 2. The summed E-state index contributed by atoms with van der Waals surface area (Å²) in [5, 5.41) is 9.56. The van der Waals surface area contributed by atoms with Gasteiger partial charge in [-0.2, -0.15) is 0 Å². The molecule has 0 radical (unpaired) electrons. The maximum atomic E-state index is 13.1. The number of aliphatic hydroxyl groups is 1. The minimum atomic E-state index is -0.997. The van der Waals surface area contributed by atoms with Gasteiger partial charge < -0.3 is 19.3 Å². The van der Waals surface area contributed by atoms with Gasteiger partial charge >= 0.3 is 11.7 Å². The van der Waals surface area contributed by atoms with E-state index in [0.717, 1.165) is 10.1 Å². The van der Waals surface area contributed by atoms with Crippen LogP contribution in [0, 0.1) is 0 Å². The summed E-state index contributed by atoms with van der Waals surface area (Å²) >= 11 is 0. The van der Waals surface area contributed by atoms with E-state index in [1.807, 2.05) is 30.3 Å². The summed E-state index contributed by atoms with van der Waals surface area (Å²) < 4.78 is 19.1. The van der Waals surface area contributed by atoms with Gasteiger partial charge in [0.2, 0.25) is 0 Å². The third-order valence-corrected chi connectivity index (χ3v) is 5.32. The second kappa shape index (κ2) is 10.4. The number of benzene rings is 2. The quantitative estimate of drug-likeness (QED) is 0.518. The van der Waals surface area contributed by atoms with E-state index in [-0.39, 0.29) is 26.4 Å². The predicted octanol–water partition coefficient (Wildman–Crippen LogP) is 1.69. The molecule has 0 aliphatic carbocycles. The van der Waals surface area contributed by atoms with Gasteiger partial charge in [0.05, 0.1) is 24.9 Å². The molecule has 1 saturated heterocycles. The van der Waals surface area contributed by atoms with Crippen molar-refractivity contribution in [2.75, 3.05) is 6.61 Å². The lowest BCUT2D eigenvalue weighted by Gasteiger charge is -2.22. The first-order valence-electron chi connectivity index (χ1n) is 10.5. The fourth-order valence-corrected chi connectivity index (χ4v) is 3.64. The minimum absolute atomic E-state index is 0.204. The van der Waals surface area contributed by atoms with Gasteiger partial charge in [-0.05, 0) is 17.7 Å². The Kier molecular flexibility index (Phi) is 7.13. The topological polar surface area (TPSA) is 109 Å². The second-order valence-electron chi connectivity index (χ2n) is 7.61. The molecule has 1 fully saturated rings. The predicted molar refractivity (Wildman–Crippen MR) is 117 cm³/mol. The van der Waals surface area contributed by atoms with Crippen molar-refractivity contribution in [2.24, 2.45) is 0 Å². The Bertz CT molecular complexity index is 1190. The molecule has 1 aliphatic heterocycles. The minimum Gasteiger partial charge on any atom is -0.454 e. The van der Waals surface area contributed by atoms with Crippen molar-refractivity contribution in [3.05, 3.63) is 105 Å². The number of hydrogen-bond donors (Lipinski definition) is 1. The molecular weight excluding hydrogens is 428 g/mol. The Hall–Kier alpha value is -3.53. The molecular formula is C24H24N2O7. The first-order chi connectivity index (χ1) is 16.1. The molecule has 9 nitrogen and oxygen atoms in total. The van der Waals surface area contributed by atoms with Crippen molar-refractivity contribution < 1.29 is 24.1 Å². The molecule has 0 spiro atoms. The third kappa shape index (κ3) is 5.28. The summed E-state index contributed by atoms with van der Waals surface area (Å²) in [5.74, 6) is -0.569. The Morgan fingerprint density at radius 2 is 1.73 bits per heavy atom. The maximum absolute atomic E-state index is 13.1. The smallest absolute Gasteiger partial charge is 0.338 e. The highest BCUT2D eigenvalue weighted by Crippen LogP contribution is 2.30. The average Bonchev–Trinajstić information content (AvgIpc) is 3.25. The van der Waals surface area contributed by atoms with E-state index in [9.17, 15) is 19.5 Å². The van der Waals surface area contributed by atoms with Gasteiger partial charge in [0, 0.05) is 18.7 Å². The van der Waals surface area contributed by atoms with Crippen LogP contribution in [-0.2, 0) is 27.5 Å². The molecule has 172 valence electrons. The molecule has 3 aromatic rings. The zero-order chi connectivity index (χ0) is 23.2. The van der Waals surface area contributed by atoms with Gasteiger partial charge in [-0.15, -0.1) is 0 Å². The molecule has 1 aliphatic rings. The Labute approximate surface area is 189 Å². The van der Waals surface area contributed by atoms with Gasteiger partial charge in [0.1, 0.15) is 12.8 Å². The van der Waals surface area contributed by atoms with Crippen LogP contribution in [0.1, 0.15) is 28.6 Å². The van der Waals surface area contributed by atoms with Crippen molar-refractivity contribution >= 4 is 5.97 Å². The summed E-state index contributed by atoms with van der Waals surface area (Å²) in [5.41, 5.74) is 0.0636. The summed E-state index contributed by atoms with van der Waals surface area (Å²) in [6.07, 6.45) is -0.945. The van der Waals surface area contributed by atoms with Gasteiger partial charge in [-0.25, -0.2) is 14.2 Å². The molecule has 9 heteroatoms. The normalized spacial score (nSPS) is 20.0. The van der Waals surface area contributed by atoms with E-state index in [0.29, 0.717) is 5.56 Å². The Balaban J connectivity index is 1.54. The van der Waals surface area contributed by atoms with Crippen LogP contribution < -0.4 is 11.2 Å². The zero-order valence-electron chi connectivity index (χ0n) is 17.8. The number of carbonyl (C=O) groups excluding carboxylic acids is 1. The summed E-state index contributed by atoms with van der Waals surface area (Å²) in [4.78, 5) is 37.9. The van der Waals surface area contributed by atoms with Crippen molar-refractivity contribution in [1.29, 1.82) is 0 Å². The van der Waals surface area contributed by atoms with E-state index in [2.05, 4.69) is 0 Å². The molecule has 0 amide bonds. The molecule has 0 bridgehead atoms. The highest BCUT2D eigenvalue weighted by Gasteiger charge is 2.40. The Morgan fingerprint density at radius 3 is 2.42 bits per heavy atom. The number of aliphatic hydroxyl groups excluding tert-OH is 1. The highest BCUT2D eigenvalue weighted by atomic mass is 16.6. The van der Waals surface area contributed by atoms with Gasteiger partial charge in [0.15, 0.2) is 6.23 Å². The van der Waals surface area contributed by atoms with Crippen LogP contribution in [0.5, 0.6) is 0 Å². The molecule has 4 rings (SSSR count). The molecule has 3 atom stereocenters. The van der Waals surface area contributed by atoms with Crippen LogP contribution >= 0.6 is 0 Å². The molecule has 0 unspecified atom stereocenters. The molecule has 2 aromatic carbocycles. The van der Waals surface area contributed by atoms with Crippen molar-refractivity contribution in [3.63, 3.8) is 0 Å². The standard InChI is InChI=1S/C24H24N2O7/c27-14-19-13-20(33-23(29)18-9-5-2-6-10-18)22(32-19)25-12-11-21(28)26(24(25)30)16-31-15-17-7-3-1-4-8-17/h1-12,19-20,22,27H,13-16H2/t19-,20-,22+/m0/s1. The van der Waals surface area contributed by atoms with Crippen LogP contribution in [0.3, 0.4) is 0 Å². The largest absolute Gasteiger partial charge is 0.454 e. The summed E-state index contributed by atoms with van der Waals surface area (Å²) in [7, 11) is 0. The van der Waals surface area contributed by atoms with E-state index in [4.69, 9.17) is 14.2 Å². The van der Waals surface area contributed by atoms with Crippen LogP contribution in [0.2, 0.25) is 0 Å². The number of rotatable bonds is 8. The fraction of sp³-hybridized carbons (Fsp3) is 0.292. The van der Waals surface area contributed by atoms with Crippen LogP contribution in [-0.4, -0.2) is 39.0 Å². The zero-order valence-corrected chi connectivity index (χ0v) is 17.8. The van der Waals surface area contributed by atoms with E-state index in [1.54, 1.807) is 30.3 Å². The van der Waals surface area contributed by atoms with Gasteiger partial charge in [-0.3, -0.25) is 9.36 Å². The van der Waals surface area contributed by atoms with Crippen LogP contribution in [0.25, 0.3) is 0 Å². The number of esters is 1. The highest BCUT2D eigenvalue weighted by molar-refractivity contribution is 5.89. The second-order valence-corrected chi connectivity index (χ2v) is 7.61. The summed E-state index contributed by atoms with van der Waals surface area (Å²) in [6, 6.07) is 19.0. The van der Waals surface area contributed by atoms with Crippen LogP contribution in [0.4, 0.5) is 0 Å². The lowest BCUT2D eigenvalue weighted by atomic mass is 10.2. The first kappa shape index (κ1) is 22.7. The molecule has 2 heterocycles. The van der Waals surface area contributed by atoms with Crippen molar-refractivity contribution in [1.82, 2.24) is 9.13 Å². The summed E-state index contributed by atoms with van der Waals surface area (Å²) in [6.45, 7) is -0.325. The Morgan fingerprint density at radius 1 is 1.03 bits per heavy atom. The first-order valence-corrected chi connectivity index (χ1v) is 10.5. The maximum Gasteiger partial charge on any atom is 0.338 e. The SMILES string of the molecule is O=C(O[C@H]1C[C@@H](CO)O[C@H]1n1ccc(=O)n(COCc2ccccc2)c1=O)c1ccccc1. The van der Waals surface area contributed by atoms with Crippen molar-refractivity contribution in [3.8, 4) is 0 Å². The molecule has 0 saturated carbocycles. The number of hydrogen-bond acceptors (Lipinski definition) is 7. The average molecular weight is 452 g/mol. The third-order valence-electron chi connectivity index (χ3n) is 5.32. The van der Waals surface area contributed by atoms with E-state index in [1.165, 1.54) is 16.8 Å². The lowest BCUT2D eigenvalue weighted by Crippen LogP contribution is -2.43. The number of aromatic nitrogens is 2. The van der Waals surface area contributed by atoms with E-state index >= 15 is 0 Å². The lowest BCUT2D eigenvalue weighted by molar-refractivity contribution is -0.0617. The monoisotopic (exact) mass is 452 g/mol. The molecule has 1 N–H and O–H groups in total. The fourth-order valence-electron chi connectivity index (χ4n) is 3.64. The molecule has 33 heavy (non-hydrogen) atoms. The van der Waals surface area contributed by atoms with Gasteiger partial charge in [0.25, 0.3) is 5.56 Å². The number of carbonyl (C=O) groups is 1.